The average molecular weight is 295 g/mol. The zero-order chi connectivity index (χ0) is 13.9. The first-order chi connectivity index (χ1) is 8.21. The minimum absolute atomic E-state index is 0.132. The van der Waals surface area contributed by atoms with Crippen LogP contribution < -0.4 is 5.73 Å². The summed E-state index contributed by atoms with van der Waals surface area (Å²) >= 11 is 0. The Morgan fingerprint density at radius 2 is 1.78 bits per heavy atom. The van der Waals surface area contributed by atoms with Gasteiger partial charge < -0.3 is 25.5 Å². The van der Waals surface area contributed by atoms with Crippen molar-refractivity contribution in [2.24, 2.45) is 0 Å². The predicted octanol–water partition coefficient (Wildman–Crippen LogP) is 0.143. The Kier molecular flexibility index (Phi) is 5.10. The van der Waals surface area contributed by atoms with Gasteiger partial charge in [0.15, 0.2) is 5.40 Å². The average Bonchev–Trinajstić information content (AvgIpc) is 2.18. The summed E-state index contributed by atoms with van der Waals surface area (Å²) < 4.78 is 22.0. The number of rotatable bonds is 5. The van der Waals surface area contributed by atoms with Crippen molar-refractivity contribution >= 4 is 21.3 Å². The lowest BCUT2D eigenvalue weighted by atomic mass is 10.1. The SMILES string of the molecule is Nc1ccc(CC(O)C([PH](=O)O)P(=O)(O)O)cc1. The van der Waals surface area contributed by atoms with Crippen LogP contribution >= 0.6 is 15.6 Å². The number of nitrogen functional groups attached to an aromatic ring is 1. The third-order valence-electron chi connectivity index (χ3n) is 2.40. The largest absolute Gasteiger partial charge is 0.399 e. The maximum absolute atomic E-state index is 11.0. The van der Waals surface area contributed by atoms with Crippen molar-refractivity contribution in [1.29, 1.82) is 0 Å². The minimum Gasteiger partial charge on any atom is -0.399 e. The van der Waals surface area contributed by atoms with Crippen LogP contribution in [0.5, 0.6) is 0 Å². The highest BCUT2D eigenvalue weighted by Gasteiger charge is 2.39. The fraction of sp³-hybridized carbons (Fsp3) is 0.333. The molecule has 0 heterocycles. The molecule has 9 heteroatoms. The van der Waals surface area contributed by atoms with Gasteiger partial charge in [0.1, 0.15) is 0 Å². The van der Waals surface area contributed by atoms with Gasteiger partial charge in [-0.2, -0.15) is 0 Å². The molecule has 0 spiro atoms. The number of hydrogen-bond donors (Lipinski definition) is 5. The molecular formula is C9H15NO6P2. The second kappa shape index (κ2) is 5.97. The normalized spacial score (nSPS) is 17.1. The number of aliphatic hydroxyl groups is 1. The first kappa shape index (κ1) is 15.4. The van der Waals surface area contributed by atoms with E-state index in [0.29, 0.717) is 11.3 Å². The summed E-state index contributed by atoms with van der Waals surface area (Å²) in [6, 6.07) is 6.28. The van der Waals surface area contributed by atoms with Gasteiger partial charge in [0.05, 0.1) is 6.10 Å². The van der Waals surface area contributed by atoms with Crippen LogP contribution in [0.2, 0.25) is 0 Å². The van der Waals surface area contributed by atoms with Crippen molar-refractivity contribution in [3.05, 3.63) is 29.8 Å². The highest BCUT2D eigenvalue weighted by atomic mass is 31.2. The van der Waals surface area contributed by atoms with Gasteiger partial charge in [-0.15, -0.1) is 0 Å². The van der Waals surface area contributed by atoms with Crippen LogP contribution in [0.15, 0.2) is 24.3 Å². The molecule has 3 unspecified atom stereocenters. The van der Waals surface area contributed by atoms with Crippen LogP contribution in [0, 0.1) is 0 Å². The van der Waals surface area contributed by atoms with Crippen LogP contribution in [0.3, 0.4) is 0 Å². The van der Waals surface area contributed by atoms with E-state index in [1.807, 2.05) is 0 Å². The summed E-state index contributed by atoms with van der Waals surface area (Å²) in [5.74, 6) is 0. The third-order valence-corrected chi connectivity index (χ3v) is 6.04. The highest BCUT2D eigenvalue weighted by Crippen LogP contribution is 2.53. The van der Waals surface area contributed by atoms with Crippen LogP contribution in [-0.4, -0.2) is 31.3 Å². The topological polar surface area (TPSA) is 141 Å². The van der Waals surface area contributed by atoms with E-state index >= 15 is 0 Å². The van der Waals surface area contributed by atoms with Crippen LogP contribution in [-0.2, 0) is 15.6 Å². The van der Waals surface area contributed by atoms with Gasteiger partial charge >= 0.3 is 7.60 Å². The molecule has 7 nitrogen and oxygen atoms in total. The summed E-state index contributed by atoms with van der Waals surface area (Å²) in [7, 11) is -8.37. The lowest BCUT2D eigenvalue weighted by Crippen LogP contribution is -2.25. The van der Waals surface area contributed by atoms with Gasteiger partial charge in [0, 0.05) is 5.69 Å². The second-order valence-electron chi connectivity index (χ2n) is 3.89. The number of anilines is 1. The van der Waals surface area contributed by atoms with E-state index in [2.05, 4.69) is 0 Å². The Balaban J connectivity index is 2.86. The number of benzene rings is 1. The smallest absolute Gasteiger partial charge is 0.340 e. The van der Waals surface area contributed by atoms with Crippen LogP contribution in [0.4, 0.5) is 5.69 Å². The Bertz CT molecular complexity index is 470. The Morgan fingerprint density at radius 3 is 2.17 bits per heavy atom. The summed E-state index contributed by atoms with van der Waals surface area (Å²) in [5, 5.41) is 7.74. The third kappa shape index (κ3) is 4.21. The standard InChI is InChI=1S/C9H15NO6P2/c10-7-3-1-6(2-4-7)5-8(11)9(17(12)13)18(14,15)16/h1-4,8-9,11,17H,5,10H2,(H,12,13)(H2,14,15,16). The first-order valence-corrected chi connectivity index (χ1v) is 8.13. The maximum Gasteiger partial charge on any atom is 0.340 e. The summed E-state index contributed by atoms with van der Waals surface area (Å²) in [6.45, 7) is 0. The van der Waals surface area contributed by atoms with Gasteiger partial charge in [-0.25, -0.2) is 0 Å². The summed E-state index contributed by atoms with van der Waals surface area (Å²) in [6.07, 6.45) is -1.72. The van der Waals surface area contributed by atoms with Gasteiger partial charge in [0.25, 0.3) is 0 Å². The molecule has 0 aliphatic carbocycles. The van der Waals surface area contributed by atoms with Crippen molar-refractivity contribution in [1.82, 2.24) is 0 Å². The molecule has 3 atom stereocenters. The molecule has 1 aromatic carbocycles. The molecule has 0 aliphatic heterocycles. The number of hydrogen-bond acceptors (Lipinski definition) is 4. The molecule has 0 saturated carbocycles. The van der Waals surface area contributed by atoms with Gasteiger partial charge in [0.2, 0.25) is 8.03 Å². The van der Waals surface area contributed by atoms with Gasteiger partial charge in [-0.05, 0) is 24.1 Å². The van der Waals surface area contributed by atoms with E-state index in [9.17, 15) is 14.2 Å². The second-order valence-corrected chi connectivity index (χ2v) is 7.40. The molecule has 1 aromatic rings. The minimum atomic E-state index is -4.83. The molecule has 102 valence electrons. The quantitative estimate of drug-likeness (QED) is 0.384. The molecule has 0 fully saturated rings. The zero-order valence-corrected chi connectivity index (χ0v) is 11.2. The predicted molar refractivity (Wildman–Crippen MR) is 67.6 cm³/mol. The van der Waals surface area contributed by atoms with Gasteiger partial charge in [-0.3, -0.25) is 9.13 Å². The van der Waals surface area contributed by atoms with E-state index in [0.717, 1.165) is 0 Å². The molecule has 0 radical (unpaired) electrons. The van der Waals surface area contributed by atoms with E-state index < -0.39 is 27.1 Å². The van der Waals surface area contributed by atoms with E-state index in [-0.39, 0.29) is 6.42 Å². The van der Waals surface area contributed by atoms with Gasteiger partial charge in [-0.1, -0.05) is 12.1 Å². The highest BCUT2D eigenvalue weighted by molar-refractivity contribution is 7.65. The van der Waals surface area contributed by atoms with Crippen LogP contribution in [0.25, 0.3) is 0 Å². The summed E-state index contributed by atoms with van der Waals surface area (Å²) in [4.78, 5) is 26.8. The molecular weight excluding hydrogens is 280 g/mol. The molecule has 18 heavy (non-hydrogen) atoms. The fourth-order valence-corrected chi connectivity index (χ4v) is 3.69. The molecule has 1 rings (SSSR count). The van der Waals surface area contributed by atoms with Crippen molar-refractivity contribution in [2.75, 3.05) is 5.73 Å². The maximum atomic E-state index is 11.0. The molecule has 0 aromatic heterocycles. The molecule has 0 amide bonds. The summed E-state index contributed by atoms with van der Waals surface area (Å²) in [5.41, 5.74) is 6.54. The Hall–Kier alpha value is -0.680. The Labute approximate surface area is 104 Å². The van der Waals surface area contributed by atoms with Crippen molar-refractivity contribution in [2.45, 2.75) is 17.9 Å². The van der Waals surface area contributed by atoms with E-state index in [4.69, 9.17) is 20.4 Å². The lowest BCUT2D eigenvalue weighted by Gasteiger charge is -2.21. The lowest BCUT2D eigenvalue weighted by molar-refractivity contribution is 0.175. The molecule has 0 bridgehead atoms. The monoisotopic (exact) mass is 295 g/mol. The fourth-order valence-electron chi connectivity index (χ4n) is 1.54. The van der Waals surface area contributed by atoms with Crippen molar-refractivity contribution in [3.63, 3.8) is 0 Å². The molecule has 0 aliphatic rings. The van der Waals surface area contributed by atoms with E-state index in [1.54, 1.807) is 24.3 Å². The Morgan fingerprint density at radius 1 is 1.28 bits per heavy atom. The first-order valence-electron chi connectivity index (χ1n) is 5.02. The number of nitrogens with two attached hydrogens (primary N) is 1. The van der Waals surface area contributed by atoms with E-state index in [1.165, 1.54) is 0 Å². The van der Waals surface area contributed by atoms with Crippen LogP contribution in [0.1, 0.15) is 5.56 Å². The zero-order valence-electron chi connectivity index (χ0n) is 9.30. The number of aliphatic hydroxyl groups excluding tert-OH is 1. The van der Waals surface area contributed by atoms with Crippen molar-refractivity contribution < 1.29 is 28.9 Å². The molecule has 6 N–H and O–H groups in total. The van der Waals surface area contributed by atoms with Crippen molar-refractivity contribution in [3.8, 4) is 0 Å². The molecule has 0 saturated heterocycles.